The first-order chi connectivity index (χ1) is 14.2. The molecule has 0 atom stereocenters. The van der Waals surface area contributed by atoms with Gasteiger partial charge in [-0.2, -0.15) is 10.2 Å². The Morgan fingerprint density at radius 3 is 2.55 bits per heavy atom. The second-order valence-electron chi connectivity index (χ2n) is 7.21. The molecule has 2 aromatic carbocycles. The van der Waals surface area contributed by atoms with Crippen molar-refractivity contribution in [2.24, 2.45) is 5.92 Å². The van der Waals surface area contributed by atoms with Gasteiger partial charge in [0.15, 0.2) is 18.2 Å². The molecule has 0 unspecified atom stereocenters. The SMILES string of the molecule is N#Cc1nc(COc2ccccc2F)oc1N1CCC(Cc2ccccc2)CC1. The zero-order chi connectivity index (χ0) is 20.1. The molecule has 1 aromatic heterocycles. The Kier molecular flexibility index (Phi) is 5.76. The minimum Gasteiger partial charge on any atom is -0.481 e. The molecule has 3 aromatic rings. The Morgan fingerprint density at radius 1 is 1.10 bits per heavy atom. The smallest absolute Gasteiger partial charge is 0.236 e. The summed E-state index contributed by atoms with van der Waals surface area (Å²) in [4.78, 5) is 6.29. The van der Waals surface area contributed by atoms with E-state index in [1.807, 2.05) is 6.07 Å². The molecular formula is C23H22FN3O2. The number of nitrogens with zero attached hydrogens (tertiary/aromatic N) is 3. The predicted octanol–water partition coefficient (Wildman–Crippen LogP) is 4.72. The van der Waals surface area contributed by atoms with Crippen molar-refractivity contribution in [3.63, 3.8) is 0 Å². The van der Waals surface area contributed by atoms with Crippen LogP contribution in [0.2, 0.25) is 0 Å². The Bertz CT molecular complexity index is 989. The average Bonchev–Trinajstić information content (AvgIpc) is 3.18. The van der Waals surface area contributed by atoms with Crippen LogP contribution in [0, 0.1) is 23.1 Å². The highest BCUT2D eigenvalue weighted by molar-refractivity contribution is 5.48. The van der Waals surface area contributed by atoms with Crippen molar-refractivity contribution in [2.45, 2.75) is 25.9 Å². The van der Waals surface area contributed by atoms with Gasteiger partial charge in [0.05, 0.1) is 0 Å². The van der Waals surface area contributed by atoms with Crippen molar-refractivity contribution >= 4 is 5.88 Å². The molecule has 1 aliphatic rings. The largest absolute Gasteiger partial charge is 0.481 e. The molecule has 0 amide bonds. The third-order valence-corrected chi connectivity index (χ3v) is 5.22. The summed E-state index contributed by atoms with van der Waals surface area (Å²) in [6, 6.07) is 18.8. The molecule has 1 aliphatic heterocycles. The number of oxazole rings is 1. The highest BCUT2D eigenvalue weighted by Gasteiger charge is 2.25. The van der Waals surface area contributed by atoms with Crippen LogP contribution in [0.3, 0.4) is 0 Å². The molecule has 1 saturated heterocycles. The van der Waals surface area contributed by atoms with E-state index in [-0.39, 0.29) is 23.9 Å². The number of piperidine rings is 1. The first-order valence-electron chi connectivity index (χ1n) is 9.79. The number of ether oxygens (including phenoxy) is 1. The van der Waals surface area contributed by atoms with Crippen LogP contribution < -0.4 is 9.64 Å². The number of benzene rings is 2. The minimum atomic E-state index is -0.444. The van der Waals surface area contributed by atoms with E-state index in [2.05, 4.69) is 40.2 Å². The quantitative estimate of drug-likeness (QED) is 0.608. The molecule has 0 spiro atoms. The van der Waals surface area contributed by atoms with E-state index < -0.39 is 5.82 Å². The zero-order valence-electron chi connectivity index (χ0n) is 16.1. The second kappa shape index (κ2) is 8.78. The standard InChI is InChI=1S/C23H22FN3O2/c24-19-8-4-5-9-21(19)28-16-22-26-20(15-25)23(29-22)27-12-10-18(11-13-27)14-17-6-2-1-3-7-17/h1-9,18H,10-14,16H2. The van der Waals surface area contributed by atoms with E-state index in [0.29, 0.717) is 11.8 Å². The molecule has 2 heterocycles. The first-order valence-corrected chi connectivity index (χ1v) is 9.79. The van der Waals surface area contributed by atoms with Crippen molar-refractivity contribution in [3.05, 3.63) is 77.6 Å². The number of rotatable bonds is 6. The molecule has 0 saturated carbocycles. The molecule has 4 rings (SSSR count). The van der Waals surface area contributed by atoms with Crippen LogP contribution in [0.1, 0.15) is 30.0 Å². The molecule has 1 fully saturated rings. The predicted molar refractivity (Wildman–Crippen MR) is 107 cm³/mol. The lowest BCUT2D eigenvalue weighted by Gasteiger charge is -2.31. The van der Waals surface area contributed by atoms with Gasteiger partial charge in [0.1, 0.15) is 6.07 Å². The summed E-state index contributed by atoms with van der Waals surface area (Å²) in [5.74, 6) is 1.06. The molecular weight excluding hydrogens is 369 g/mol. The van der Waals surface area contributed by atoms with Crippen LogP contribution in [-0.4, -0.2) is 18.1 Å². The average molecular weight is 391 g/mol. The summed E-state index contributed by atoms with van der Waals surface area (Å²) >= 11 is 0. The molecule has 0 N–H and O–H groups in total. The number of anilines is 1. The topological polar surface area (TPSA) is 62.3 Å². The van der Waals surface area contributed by atoms with Crippen LogP contribution in [-0.2, 0) is 13.0 Å². The summed E-state index contributed by atoms with van der Waals surface area (Å²) in [5, 5.41) is 9.44. The van der Waals surface area contributed by atoms with Gasteiger partial charge in [-0.1, -0.05) is 42.5 Å². The lowest BCUT2D eigenvalue weighted by Crippen LogP contribution is -2.34. The number of nitriles is 1. The summed E-state index contributed by atoms with van der Waals surface area (Å²) in [7, 11) is 0. The van der Waals surface area contributed by atoms with Gasteiger partial charge in [0.25, 0.3) is 0 Å². The maximum Gasteiger partial charge on any atom is 0.236 e. The van der Waals surface area contributed by atoms with E-state index >= 15 is 0 Å². The highest BCUT2D eigenvalue weighted by atomic mass is 19.1. The molecule has 0 radical (unpaired) electrons. The molecule has 148 valence electrons. The summed E-state index contributed by atoms with van der Waals surface area (Å²) in [5.41, 5.74) is 1.61. The van der Waals surface area contributed by atoms with Crippen LogP contribution in [0.15, 0.2) is 59.0 Å². The molecule has 0 bridgehead atoms. The fourth-order valence-corrected chi connectivity index (χ4v) is 3.69. The monoisotopic (exact) mass is 391 g/mol. The van der Waals surface area contributed by atoms with Gasteiger partial charge in [0, 0.05) is 13.1 Å². The van der Waals surface area contributed by atoms with Crippen molar-refractivity contribution in [1.29, 1.82) is 5.26 Å². The van der Waals surface area contributed by atoms with E-state index in [1.54, 1.807) is 18.2 Å². The Hall–Kier alpha value is -3.33. The van der Waals surface area contributed by atoms with Gasteiger partial charge in [-0.15, -0.1) is 0 Å². The van der Waals surface area contributed by atoms with Gasteiger partial charge in [0.2, 0.25) is 17.5 Å². The van der Waals surface area contributed by atoms with Crippen molar-refractivity contribution < 1.29 is 13.5 Å². The van der Waals surface area contributed by atoms with Gasteiger partial charge in [-0.25, -0.2) is 4.39 Å². The van der Waals surface area contributed by atoms with E-state index in [4.69, 9.17) is 9.15 Å². The molecule has 0 aliphatic carbocycles. The lowest BCUT2D eigenvalue weighted by molar-refractivity contribution is 0.251. The molecule has 29 heavy (non-hydrogen) atoms. The van der Waals surface area contributed by atoms with Crippen molar-refractivity contribution in [2.75, 3.05) is 18.0 Å². The normalized spacial score (nSPS) is 14.6. The first kappa shape index (κ1) is 19.0. The van der Waals surface area contributed by atoms with E-state index in [9.17, 15) is 9.65 Å². The third kappa shape index (κ3) is 4.57. The number of halogens is 1. The van der Waals surface area contributed by atoms with Crippen LogP contribution in [0.5, 0.6) is 5.75 Å². The fourth-order valence-electron chi connectivity index (χ4n) is 3.69. The maximum absolute atomic E-state index is 13.7. The summed E-state index contributed by atoms with van der Waals surface area (Å²) in [6.07, 6.45) is 3.13. The summed E-state index contributed by atoms with van der Waals surface area (Å²) in [6.45, 7) is 1.60. The van der Waals surface area contributed by atoms with Gasteiger partial charge >= 0.3 is 0 Å². The lowest BCUT2D eigenvalue weighted by atomic mass is 9.90. The van der Waals surface area contributed by atoms with Crippen LogP contribution in [0.25, 0.3) is 0 Å². The Labute approximate surface area is 169 Å². The van der Waals surface area contributed by atoms with Crippen LogP contribution >= 0.6 is 0 Å². The van der Waals surface area contributed by atoms with E-state index in [1.165, 1.54) is 11.6 Å². The number of hydrogen-bond acceptors (Lipinski definition) is 5. The fraction of sp³-hybridized carbons (Fsp3) is 0.304. The van der Waals surface area contributed by atoms with Crippen molar-refractivity contribution in [1.82, 2.24) is 4.98 Å². The number of hydrogen-bond donors (Lipinski definition) is 0. The van der Waals surface area contributed by atoms with Crippen LogP contribution in [0.4, 0.5) is 10.3 Å². The second-order valence-corrected chi connectivity index (χ2v) is 7.21. The van der Waals surface area contributed by atoms with Gasteiger partial charge in [-0.05, 0) is 42.9 Å². The molecule has 5 nitrogen and oxygen atoms in total. The molecule has 6 heteroatoms. The number of aromatic nitrogens is 1. The van der Waals surface area contributed by atoms with E-state index in [0.717, 1.165) is 32.4 Å². The van der Waals surface area contributed by atoms with Gasteiger partial charge in [-0.3, -0.25) is 0 Å². The number of para-hydroxylation sites is 1. The summed E-state index contributed by atoms with van der Waals surface area (Å²) < 4.78 is 24.9. The maximum atomic E-state index is 13.7. The zero-order valence-corrected chi connectivity index (χ0v) is 16.1. The third-order valence-electron chi connectivity index (χ3n) is 5.22. The minimum absolute atomic E-state index is 0.0277. The highest BCUT2D eigenvalue weighted by Crippen LogP contribution is 2.29. The van der Waals surface area contributed by atoms with Crippen molar-refractivity contribution in [3.8, 4) is 11.8 Å². The Balaban J connectivity index is 1.37. The van der Waals surface area contributed by atoms with Gasteiger partial charge < -0.3 is 14.1 Å². The Morgan fingerprint density at radius 2 is 1.83 bits per heavy atom.